The molecule has 1 atom stereocenters. The molecule has 0 radical (unpaired) electrons. The molecule has 0 aromatic heterocycles. The molecular formula is C22H36N4. The van der Waals surface area contributed by atoms with Crippen molar-refractivity contribution in [3.05, 3.63) is 35.4 Å². The Morgan fingerprint density at radius 2 is 1.96 bits per heavy atom. The highest BCUT2D eigenvalue weighted by atomic mass is 15.2. The molecule has 0 spiro atoms. The van der Waals surface area contributed by atoms with Crippen LogP contribution in [0.5, 0.6) is 0 Å². The first-order valence-electron chi connectivity index (χ1n) is 10.5. The summed E-state index contributed by atoms with van der Waals surface area (Å²) in [7, 11) is 0. The van der Waals surface area contributed by atoms with Crippen molar-refractivity contribution in [3.8, 4) is 0 Å². The second-order valence-corrected chi connectivity index (χ2v) is 8.06. The Morgan fingerprint density at radius 3 is 2.69 bits per heavy atom. The first-order chi connectivity index (χ1) is 12.7. The highest BCUT2D eigenvalue weighted by molar-refractivity contribution is 5.80. The number of fused-ring (bicyclic) bond motifs is 1. The number of rotatable bonds is 5. The molecule has 4 heteroatoms. The van der Waals surface area contributed by atoms with Crippen molar-refractivity contribution in [1.82, 2.24) is 15.5 Å². The zero-order valence-corrected chi connectivity index (χ0v) is 16.8. The van der Waals surface area contributed by atoms with Gasteiger partial charge in [0.2, 0.25) is 0 Å². The minimum atomic E-state index is 0.543. The molecule has 144 valence electrons. The van der Waals surface area contributed by atoms with E-state index in [1.54, 1.807) is 0 Å². The predicted octanol–water partition coefficient (Wildman–Crippen LogP) is 3.53. The van der Waals surface area contributed by atoms with Gasteiger partial charge in [-0.1, -0.05) is 24.3 Å². The Morgan fingerprint density at radius 1 is 1.19 bits per heavy atom. The lowest BCUT2D eigenvalue weighted by Gasteiger charge is -2.35. The van der Waals surface area contributed by atoms with Crippen LogP contribution in [0.4, 0.5) is 0 Å². The summed E-state index contributed by atoms with van der Waals surface area (Å²) >= 11 is 0. The van der Waals surface area contributed by atoms with Gasteiger partial charge in [-0.3, -0.25) is 4.99 Å². The topological polar surface area (TPSA) is 39.7 Å². The van der Waals surface area contributed by atoms with Crippen molar-refractivity contribution in [2.45, 2.75) is 70.9 Å². The molecule has 0 amide bonds. The van der Waals surface area contributed by atoms with Crippen LogP contribution in [-0.2, 0) is 6.42 Å². The van der Waals surface area contributed by atoms with Crippen molar-refractivity contribution in [2.24, 2.45) is 4.99 Å². The van der Waals surface area contributed by atoms with E-state index >= 15 is 0 Å². The second kappa shape index (κ2) is 9.40. The first-order valence-corrected chi connectivity index (χ1v) is 10.5. The summed E-state index contributed by atoms with van der Waals surface area (Å²) in [5.74, 6) is 1.57. The van der Waals surface area contributed by atoms with Crippen LogP contribution in [0.3, 0.4) is 0 Å². The standard InChI is InChI=1S/C22H36N4/c1-4-23-22(25-20-12-14-26(15-13-20)17(2)3)24-16-19-10-7-9-18-8-5-6-11-21(18)19/h5-6,8,11,17,19-20H,4,7,9-10,12-16H2,1-3H3,(H2,23,24,25). The molecule has 2 aliphatic rings. The summed E-state index contributed by atoms with van der Waals surface area (Å²) in [5, 5.41) is 7.14. The summed E-state index contributed by atoms with van der Waals surface area (Å²) < 4.78 is 0. The maximum Gasteiger partial charge on any atom is 0.191 e. The van der Waals surface area contributed by atoms with Crippen LogP contribution in [-0.4, -0.2) is 49.1 Å². The van der Waals surface area contributed by atoms with Gasteiger partial charge in [0.05, 0.1) is 0 Å². The summed E-state index contributed by atoms with van der Waals surface area (Å²) in [5.41, 5.74) is 3.04. The van der Waals surface area contributed by atoms with E-state index < -0.39 is 0 Å². The number of guanidine groups is 1. The molecule has 4 nitrogen and oxygen atoms in total. The third kappa shape index (κ3) is 5.00. The van der Waals surface area contributed by atoms with E-state index in [0.29, 0.717) is 18.0 Å². The molecule has 1 aliphatic heterocycles. The fraction of sp³-hybridized carbons (Fsp3) is 0.682. The minimum absolute atomic E-state index is 0.543. The Labute approximate surface area is 159 Å². The first kappa shape index (κ1) is 19.2. The molecule has 1 heterocycles. The van der Waals surface area contributed by atoms with E-state index in [9.17, 15) is 0 Å². The number of nitrogens with zero attached hydrogens (tertiary/aromatic N) is 2. The van der Waals surface area contributed by atoms with Gasteiger partial charge in [-0.2, -0.15) is 0 Å². The number of piperidine rings is 1. The molecule has 3 rings (SSSR count). The Kier molecular flexibility index (Phi) is 6.95. The van der Waals surface area contributed by atoms with Crippen molar-refractivity contribution < 1.29 is 0 Å². The molecule has 1 unspecified atom stereocenters. The number of aliphatic imine (C=N–C) groups is 1. The molecule has 1 aromatic carbocycles. The van der Waals surface area contributed by atoms with Gasteiger partial charge in [0, 0.05) is 44.2 Å². The maximum atomic E-state index is 4.97. The summed E-state index contributed by atoms with van der Waals surface area (Å²) in [6, 6.07) is 10.1. The van der Waals surface area contributed by atoms with Gasteiger partial charge in [-0.05, 0) is 64.0 Å². The van der Waals surface area contributed by atoms with Gasteiger partial charge in [-0.15, -0.1) is 0 Å². The Hall–Kier alpha value is -1.55. The van der Waals surface area contributed by atoms with E-state index in [2.05, 4.69) is 60.6 Å². The fourth-order valence-corrected chi connectivity index (χ4v) is 4.32. The molecule has 26 heavy (non-hydrogen) atoms. The molecule has 1 aliphatic carbocycles. The highest BCUT2D eigenvalue weighted by Gasteiger charge is 2.22. The summed E-state index contributed by atoms with van der Waals surface area (Å²) in [6.45, 7) is 10.9. The lowest BCUT2D eigenvalue weighted by atomic mass is 9.83. The zero-order chi connectivity index (χ0) is 18.4. The number of likely N-dealkylation sites (tertiary alicyclic amines) is 1. The lowest BCUT2D eigenvalue weighted by molar-refractivity contribution is 0.167. The van der Waals surface area contributed by atoms with Crippen LogP contribution >= 0.6 is 0 Å². The summed E-state index contributed by atoms with van der Waals surface area (Å²) in [4.78, 5) is 7.54. The average Bonchev–Trinajstić information content (AvgIpc) is 2.66. The van der Waals surface area contributed by atoms with Crippen LogP contribution in [0.25, 0.3) is 0 Å². The quantitative estimate of drug-likeness (QED) is 0.626. The normalized spacial score (nSPS) is 22.3. The SMILES string of the molecule is CCNC(=NCC1CCCc2ccccc21)NC1CCN(C(C)C)CC1. The van der Waals surface area contributed by atoms with Gasteiger partial charge in [-0.25, -0.2) is 0 Å². The van der Waals surface area contributed by atoms with Gasteiger partial charge in [0.25, 0.3) is 0 Å². The molecule has 0 bridgehead atoms. The third-order valence-corrected chi connectivity index (χ3v) is 5.91. The van der Waals surface area contributed by atoms with Crippen LogP contribution < -0.4 is 10.6 Å². The van der Waals surface area contributed by atoms with Crippen molar-refractivity contribution in [2.75, 3.05) is 26.2 Å². The predicted molar refractivity (Wildman–Crippen MR) is 111 cm³/mol. The van der Waals surface area contributed by atoms with Crippen molar-refractivity contribution >= 4 is 5.96 Å². The van der Waals surface area contributed by atoms with E-state index in [4.69, 9.17) is 4.99 Å². The highest BCUT2D eigenvalue weighted by Crippen LogP contribution is 2.31. The molecule has 2 N–H and O–H groups in total. The van der Waals surface area contributed by atoms with Gasteiger partial charge in [0.1, 0.15) is 0 Å². The van der Waals surface area contributed by atoms with Gasteiger partial charge in [0.15, 0.2) is 5.96 Å². The van der Waals surface area contributed by atoms with Crippen LogP contribution in [0.1, 0.15) is 63.5 Å². The van der Waals surface area contributed by atoms with Crippen LogP contribution in [0, 0.1) is 0 Å². The summed E-state index contributed by atoms with van der Waals surface area (Å²) in [6.07, 6.45) is 6.17. The maximum absolute atomic E-state index is 4.97. The van der Waals surface area contributed by atoms with Crippen molar-refractivity contribution in [1.29, 1.82) is 0 Å². The Bertz CT molecular complexity index is 588. The Balaban J connectivity index is 1.58. The molecule has 1 fully saturated rings. The van der Waals surface area contributed by atoms with E-state index in [1.807, 2.05) is 0 Å². The van der Waals surface area contributed by atoms with Crippen molar-refractivity contribution in [3.63, 3.8) is 0 Å². The monoisotopic (exact) mass is 356 g/mol. The smallest absolute Gasteiger partial charge is 0.191 e. The average molecular weight is 357 g/mol. The largest absolute Gasteiger partial charge is 0.357 e. The van der Waals surface area contributed by atoms with Crippen LogP contribution in [0.15, 0.2) is 29.3 Å². The third-order valence-electron chi connectivity index (χ3n) is 5.91. The van der Waals surface area contributed by atoms with Gasteiger partial charge >= 0.3 is 0 Å². The minimum Gasteiger partial charge on any atom is -0.357 e. The molecule has 1 saturated heterocycles. The molecule has 1 aromatic rings. The number of aryl methyl sites for hydroxylation is 1. The fourth-order valence-electron chi connectivity index (χ4n) is 4.32. The lowest BCUT2D eigenvalue weighted by Crippen LogP contribution is -2.50. The van der Waals surface area contributed by atoms with E-state index in [0.717, 1.165) is 19.0 Å². The number of hydrogen-bond acceptors (Lipinski definition) is 2. The van der Waals surface area contributed by atoms with E-state index in [1.165, 1.54) is 56.3 Å². The molecule has 0 saturated carbocycles. The van der Waals surface area contributed by atoms with Gasteiger partial charge < -0.3 is 15.5 Å². The number of nitrogens with one attached hydrogen (secondary N) is 2. The zero-order valence-electron chi connectivity index (χ0n) is 16.8. The second-order valence-electron chi connectivity index (χ2n) is 8.06. The number of benzene rings is 1. The van der Waals surface area contributed by atoms with Crippen LogP contribution in [0.2, 0.25) is 0 Å². The van der Waals surface area contributed by atoms with E-state index in [-0.39, 0.29) is 0 Å². The number of hydrogen-bond donors (Lipinski definition) is 2. The molecular weight excluding hydrogens is 320 g/mol.